The highest BCUT2D eigenvalue weighted by atomic mass is 15.1. The van der Waals surface area contributed by atoms with Crippen LogP contribution in [-0.2, 0) is 0 Å². The van der Waals surface area contributed by atoms with Crippen LogP contribution in [0, 0.1) is 0 Å². The monoisotopic (exact) mass is 688 g/mol. The number of aromatic nitrogens is 1. The highest BCUT2D eigenvalue weighted by Crippen LogP contribution is 2.46. The number of para-hydroxylation sites is 3. The molecule has 1 aromatic heterocycles. The standard InChI is InChI=1S/C52H36N2/c1-4-16-37(17-5-1)38-30-32-42(33-31-38)53(43-34-35-47-45-24-10-13-29-50(45)54(51(47)36-43)41-22-8-3-9-23-41)49-28-12-11-25-46(49)48-27-15-21-40-20-14-26-44(52(40)48)39-18-6-2-7-19-39/h1-36H. The average molecular weight is 689 g/mol. The normalized spacial score (nSPS) is 11.3. The Morgan fingerprint density at radius 3 is 1.65 bits per heavy atom. The second-order valence-electron chi connectivity index (χ2n) is 13.7. The van der Waals surface area contributed by atoms with Crippen LogP contribution in [0.25, 0.3) is 71.6 Å². The Balaban J connectivity index is 1.23. The van der Waals surface area contributed by atoms with Crippen LogP contribution < -0.4 is 4.90 Å². The van der Waals surface area contributed by atoms with Crippen molar-refractivity contribution in [3.63, 3.8) is 0 Å². The second-order valence-corrected chi connectivity index (χ2v) is 13.7. The predicted molar refractivity (Wildman–Crippen MR) is 229 cm³/mol. The van der Waals surface area contributed by atoms with E-state index in [2.05, 4.69) is 228 Å². The van der Waals surface area contributed by atoms with Crippen molar-refractivity contribution in [3.05, 3.63) is 218 Å². The zero-order chi connectivity index (χ0) is 35.8. The number of rotatable bonds is 7. The lowest BCUT2D eigenvalue weighted by Gasteiger charge is -2.29. The fraction of sp³-hybridized carbons (Fsp3) is 0. The first-order chi connectivity index (χ1) is 26.8. The summed E-state index contributed by atoms with van der Waals surface area (Å²) >= 11 is 0. The largest absolute Gasteiger partial charge is 0.310 e. The highest BCUT2D eigenvalue weighted by Gasteiger charge is 2.21. The van der Waals surface area contributed by atoms with Crippen LogP contribution >= 0.6 is 0 Å². The number of anilines is 3. The van der Waals surface area contributed by atoms with E-state index in [0.29, 0.717) is 0 Å². The summed E-state index contributed by atoms with van der Waals surface area (Å²) in [7, 11) is 0. The van der Waals surface area contributed by atoms with Crippen molar-refractivity contribution in [1.29, 1.82) is 0 Å². The van der Waals surface area contributed by atoms with Gasteiger partial charge in [-0.3, -0.25) is 0 Å². The molecule has 0 saturated carbocycles. The van der Waals surface area contributed by atoms with Gasteiger partial charge in [0.05, 0.1) is 16.7 Å². The van der Waals surface area contributed by atoms with Gasteiger partial charge in [0.1, 0.15) is 0 Å². The molecule has 0 unspecified atom stereocenters. The van der Waals surface area contributed by atoms with Gasteiger partial charge in [0, 0.05) is 33.4 Å². The smallest absolute Gasteiger partial charge is 0.0561 e. The van der Waals surface area contributed by atoms with Gasteiger partial charge in [0.2, 0.25) is 0 Å². The number of hydrogen-bond acceptors (Lipinski definition) is 1. The van der Waals surface area contributed by atoms with Gasteiger partial charge in [0.25, 0.3) is 0 Å². The van der Waals surface area contributed by atoms with Crippen molar-refractivity contribution in [2.75, 3.05) is 4.90 Å². The van der Waals surface area contributed by atoms with Crippen LogP contribution in [0.15, 0.2) is 218 Å². The van der Waals surface area contributed by atoms with E-state index >= 15 is 0 Å². The zero-order valence-electron chi connectivity index (χ0n) is 29.7. The molecular formula is C52H36N2. The molecule has 2 nitrogen and oxygen atoms in total. The topological polar surface area (TPSA) is 8.17 Å². The van der Waals surface area contributed by atoms with Crippen LogP contribution in [0.5, 0.6) is 0 Å². The number of benzene rings is 9. The van der Waals surface area contributed by atoms with Crippen LogP contribution in [0.4, 0.5) is 17.1 Å². The summed E-state index contributed by atoms with van der Waals surface area (Å²) in [5, 5.41) is 4.94. The van der Waals surface area contributed by atoms with Gasteiger partial charge in [-0.05, 0) is 87.1 Å². The molecule has 0 amide bonds. The Morgan fingerprint density at radius 2 is 0.889 bits per heavy atom. The second kappa shape index (κ2) is 13.4. The lowest BCUT2D eigenvalue weighted by atomic mass is 9.90. The molecule has 9 aromatic carbocycles. The van der Waals surface area contributed by atoms with Crippen LogP contribution in [0.2, 0.25) is 0 Å². The number of fused-ring (bicyclic) bond motifs is 4. The molecule has 0 N–H and O–H groups in total. The lowest BCUT2D eigenvalue weighted by Crippen LogP contribution is -2.11. The number of hydrogen-bond donors (Lipinski definition) is 0. The van der Waals surface area contributed by atoms with Gasteiger partial charge in [-0.2, -0.15) is 0 Å². The van der Waals surface area contributed by atoms with E-state index in [1.54, 1.807) is 0 Å². The van der Waals surface area contributed by atoms with Crippen molar-refractivity contribution in [1.82, 2.24) is 4.57 Å². The Bertz CT molecular complexity index is 2900. The summed E-state index contributed by atoms with van der Waals surface area (Å²) in [6.45, 7) is 0. The summed E-state index contributed by atoms with van der Waals surface area (Å²) in [6.07, 6.45) is 0. The first kappa shape index (κ1) is 31.6. The molecule has 0 spiro atoms. The highest BCUT2D eigenvalue weighted by molar-refractivity contribution is 6.11. The van der Waals surface area contributed by atoms with E-state index in [4.69, 9.17) is 0 Å². The fourth-order valence-electron chi connectivity index (χ4n) is 8.13. The molecule has 0 radical (unpaired) electrons. The van der Waals surface area contributed by atoms with Crippen molar-refractivity contribution in [2.45, 2.75) is 0 Å². The third-order valence-corrected chi connectivity index (χ3v) is 10.6. The maximum atomic E-state index is 2.43. The third-order valence-electron chi connectivity index (χ3n) is 10.6. The van der Waals surface area contributed by atoms with Crippen LogP contribution in [0.1, 0.15) is 0 Å². The molecule has 10 aromatic rings. The van der Waals surface area contributed by atoms with Gasteiger partial charge in [-0.25, -0.2) is 0 Å². The Morgan fingerprint density at radius 1 is 0.333 bits per heavy atom. The summed E-state index contributed by atoms with van der Waals surface area (Å²) in [5.74, 6) is 0. The molecule has 0 atom stereocenters. The molecule has 54 heavy (non-hydrogen) atoms. The van der Waals surface area contributed by atoms with Crippen molar-refractivity contribution < 1.29 is 0 Å². The Kier molecular flexibility index (Phi) is 7.85. The number of nitrogens with zero attached hydrogens (tertiary/aromatic N) is 2. The van der Waals surface area contributed by atoms with E-state index < -0.39 is 0 Å². The molecule has 0 saturated heterocycles. The molecule has 0 aliphatic heterocycles. The predicted octanol–water partition coefficient (Wildman–Crippen LogP) is 14.4. The summed E-state index contributed by atoms with van der Waals surface area (Å²) in [5.41, 5.74) is 14.0. The van der Waals surface area contributed by atoms with Gasteiger partial charge in [-0.15, -0.1) is 0 Å². The van der Waals surface area contributed by atoms with Crippen LogP contribution in [0.3, 0.4) is 0 Å². The lowest BCUT2D eigenvalue weighted by molar-refractivity contribution is 1.18. The Hall–Kier alpha value is -7.16. The molecule has 0 fully saturated rings. The van der Waals surface area contributed by atoms with E-state index in [-0.39, 0.29) is 0 Å². The minimum Gasteiger partial charge on any atom is -0.310 e. The molecule has 0 bridgehead atoms. The van der Waals surface area contributed by atoms with E-state index in [1.807, 2.05) is 0 Å². The maximum Gasteiger partial charge on any atom is 0.0561 e. The summed E-state index contributed by atoms with van der Waals surface area (Å²) < 4.78 is 2.40. The minimum atomic E-state index is 1.09. The molecule has 2 heteroatoms. The average Bonchev–Trinajstić information content (AvgIpc) is 3.58. The summed E-state index contributed by atoms with van der Waals surface area (Å²) in [6, 6.07) is 78.9. The van der Waals surface area contributed by atoms with Crippen molar-refractivity contribution >= 4 is 49.6 Å². The van der Waals surface area contributed by atoms with Gasteiger partial charge < -0.3 is 9.47 Å². The van der Waals surface area contributed by atoms with Crippen molar-refractivity contribution in [3.8, 4) is 39.1 Å². The fourth-order valence-corrected chi connectivity index (χ4v) is 8.13. The van der Waals surface area contributed by atoms with Gasteiger partial charge >= 0.3 is 0 Å². The molecule has 0 aliphatic rings. The van der Waals surface area contributed by atoms with E-state index in [1.165, 1.54) is 66.0 Å². The third kappa shape index (κ3) is 5.44. The molecular weight excluding hydrogens is 653 g/mol. The SMILES string of the molecule is c1ccc(-c2ccc(N(c3ccc4c5ccccc5n(-c5ccccc5)c4c3)c3ccccc3-c3cccc4cccc(-c5ccccc5)c34)cc2)cc1. The summed E-state index contributed by atoms with van der Waals surface area (Å²) in [4.78, 5) is 2.43. The molecule has 10 rings (SSSR count). The molecule has 1 heterocycles. The first-order valence-electron chi connectivity index (χ1n) is 18.5. The van der Waals surface area contributed by atoms with Gasteiger partial charge in [-0.1, -0.05) is 170 Å². The quantitative estimate of drug-likeness (QED) is 0.162. The van der Waals surface area contributed by atoms with E-state index in [9.17, 15) is 0 Å². The maximum absolute atomic E-state index is 2.43. The van der Waals surface area contributed by atoms with E-state index in [0.717, 1.165) is 22.7 Å². The van der Waals surface area contributed by atoms with Crippen molar-refractivity contribution in [2.24, 2.45) is 0 Å². The zero-order valence-corrected chi connectivity index (χ0v) is 29.7. The van der Waals surface area contributed by atoms with Crippen LogP contribution in [-0.4, -0.2) is 4.57 Å². The van der Waals surface area contributed by atoms with Gasteiger partial charge in [0.15, 0.2) is 0 Å². The molecule has 254 valence electrons. The minimum absolute atomic E-state index is 1.09. The Labute approximate surface area is 315 Å². The first-order valence-corrected chi connectivity index (χ1v) is 18.5. The molecule has 0 aliphatic carbocycles.